The molecular formula is C36H70N2O2. The first-order chi connectivity index (χ1) is 18.8. The SMILES string of the molecule is C=C(N)CC(C)C.CC.CC[C@H](CCCC(C)C)C1CCC2C3CC[C@@H](CC(N)=O)[C@](C)(CCO)C3CC[C@@]21C. The lowest BCUT2D eigenvalue weighted by Gasteiger charge is -2.59. The van der Waals surface area contributed by atoms with E-state index in [1.165, 1.54) is 57.8 Å². The predicted octanol–water partition coefficient (Wildman–Crippen LogP) is 9.10. The highest BCUT2D eigenvalue weighted by Crippen LogP contribution is 2.67. The molecule has 3 rings (SSSR count). The first-order valence-electron chi connectivity index (χ1n) is 17.1. The van der Waals surface area contributed by atoms with Gasteiger partial charge in [-0.05, 0) is 110 Å². The van der Waals surface area contributed by atoms with Gasteiger partial charge in [-0.15, -0.1) is 0 Å². The zero-order chi connectivity index (χ0) is 30.7. The van der Waals surface area contributed by atoms with Crippen molar-refractivity contribution in [2.75, 3.05) is 6.61 Å². The van der Waals surface area contributed by atoms with Crippen molar-refractivity contribution in [2.24, 2.45) is 69.6 Å². The van der Waals surface area contributed by atoms with Crippen LogP contribution in [0.4, 0.5) is 0 Å². The molecule has 0 radical (unpaired) electrons. The second-order valence-corrected chi connectivity index (χ2v) is 14.8. The fraction of sp³-hybridized carbons (Fsp3) is 0.917. The van der Waals surface area contributed by atoms with Crippen LogP contribution < -0.4 is 11.5 Å². The molecule has 3 aliphatic rings. The summed E-state index contributed by atoms with van der Waals surface area (Å²) in [6, 6.07) is 0. The molecular weight excluding hydrogens is 492 g/mol. The van der Waals surface area contributed by atoms with Gasteiger partial charge in [0.2, 0.25) is 5.91 Å². The minimum Gasteiger partial charge on any atom is -0.403 e. The van der Waals surface area contributed by atoms with E-state index in [9.17, 15) is 9.90 Å². The second-order valence-electron chi connectivity index (χ2n) is 14.8. The Morgan fingerprint density at radius 3 is 2.08 bits per heavy atom. The highest BCUT2D eigenvalue weighted by Gasteiger charge is 2.60. The Labute approximate surface area is 249 Å². The topological polar surface area (TPSA) is 89.3 Å². The Morgan fingerprint density at radius 2 is 1.60 bits per heavy atom. The van der Waals surface area contributed by atoms with Crippen molar-refractivity contribution >= 4 is 5.91 Å². The first-order valence-corrected chi connectivity index (χ1v) is 17.1. The molecule has 0 aromatic heterocycles. The van der Waals surface area contributed by atoms with Gasteiger partial charge in [0.25, 0.3) is 0 Å². The van der Waals surface area contributed by atoms with Crippen molar-refractivity contribution in [1.82, 2.24) is 0 Å². The van der Waals surface area contributed by atoms with Crippen molar-refractivity contribution < 1.29 is 9.90 Å². The van der Waals surface area contributed by atoms with E-state index in [0.717, 1.165) is 54.5 Å². The van der Waals surface area contributed by atoms with Crippen LogP contribution in [0, 0.1) is 58.2 Å². The molecule has 0 aliphatic heterocycles. The summed E-state index contributed by atoms with van der Waals surface area (Å²) in [6.07, 6.45) is 15.6. The maximum absolute atomic E-state index is 11.8. The van der Waals surface area contributed by atoms with Crippen molar-refractivity contribution in [3.05, 3.63) is 12.3 Å². The van der Waals surface area contributed by atoms with Crippen LogP contribution in [-0.4, -0.2) is 17.6 Å². The summed E-state index contributed by atoms with van der Waals surface area (Å²) in [7, 11) is 0. The molecule has 0 aromatic carbocycles. The Morgan fingerprint density at radius 1 is 0.950 bits per heavy atom. The minimum atomic E-state index is -0.165. The van der Waals surface area contributed by atoms with E-state index in [0.29, 0.717) is 29.6 Å². The third-order valence-electron chi connectivity index (χ3n) is 11.4. The highest BCUT2D eigenvalue weighted by atomic mass is 16.3. The number of amides is 1. The smallest absolute Gasteiger partial charge is 0.217 e. The molecule has 236 valence electrons. The summed E-state index contributed by atoms with van der Waals surface area (Å²) >= 11 is 0. The van der Waals surface area contributed by atoms with Gasteiger partial charge in [-0.1, -0.05) is 94.6 Å². The predicted molar refractivity (Wildman–Crippen MR) is 173 cm³/mol. The zero-order valence-electron chi connectivity index (χ0n) is 28.2. The van der Waals surface area contributed by atoms with Crippen LogP contribution in [0.2, 0.25) is 0 Å². The largest absolute Gasteiger partial charge is 0.403 e. The normalized spacial score (nSPS) is 33.6. The van der Waals surface area contributed by atoms with Crippen molar-refractivity contribution in [3.63, 3.8) is 0 Å². The maximum Gasteiger partial charge on any atom is 0.217 e. The van der Waals surface area contributed by atoms with Gasteiger partial charge in [0, 0.05) is 18.7 Å². The lowest BCUT2D eigenvalue weighted by atomic mass is 9.45. The van der Waals surface area contributed by atoms with Crippen LogP contribution in [0.5, 0.6) is 0 Å². The number of primary amides is 1. The number of rotatable bonds is 12. The molecule has 40 heavy (non-hydrogen) atoms. The molecule has 5 N–H and O–H groups in total. The zero-order valence-corrected chi connectivity index (χ0v) is 28.2. The fourth-order valence-corrected chi connectivity index (χ4v) is 9.56. The van der Waals surface area contributed by atoms with Gasteiger partial charge in [-0.25, -0.2) is 0 Å². The summed E-state index contributed by atoms with van der Waals surface area (Å²) in [4.78, 5) is 11.8. The summed E-state index contributed by atoms with van der Waals surface area (Å²) in [6.45, 7) is 24.2. The lowest BCUT2D eigenvalue weighted by Crippen LogP contribution is -2.53. The van der Waals surface area contributed by atoms with E-state index in [4.69, 9.17) is 11.5 Å². The molecule has 0 heterocycles. The third-order valence-corrected chi connectivity index (χ3v) is 11.4. The first kappa shape index (κ1) is 37.0. The average molecular weight is 563 g/mol. The van der Waals surface area contributed by atoms with E-state index in [1.54, 1.807) is 0 Å². The van der Waals surface area contributed by atoms with Crippen LogP contribution in [-0.2, 0) is 4.79 Å². The van der Waals surface area contributed by atoms with Gasteiger partial charge >= 0.3 is 0 Å². The number of fused-ring (bicyclic) bond motifs is 3. The summed E-state index contributed by atoms with van der Waals surface area (Å²) in [5.74, 6) is 5.69. The maximum atomic E-state index is 11.8. The van der Waals surface area contributed by atoms with Crippen molar-refractivity contribution in [1.29, 1.82) is 0 Å². The molecule has 0 aromatic rings. The monoisotopic (exact) mass is 563 g/mol. The molecule has 4 heteroatoms. The van der Waals surface area contributed by atoms with E-state index in [1.807, 2.05) is 13.8 Å². The van der Waals surface area contributed by atoms with Crippen LogP contribution >= 0.6 is 0 Å². The number of aliphatic hydroxyl groups is 1. The molecule has 0 bridgehead atoms. The van der Waals surface area contributed by atoms with E-state index < -0.39 is 0 Å². The Kier molecular flexibility index (Phi) is 15.9. The van der Waals surface area contributed by atoms with E-state index in [2.05, 4.69) is 55.0 Å². The quantitative estimate of drug-likeness (QED) is 0.221. The summed E-state index contributed by atoms with van der Waals surface area (Å²) in [5.41, 5.74) is 12.3. The average Bonchev–Trinajstić information content (AvgIpc) is 3.21. The summed E-state index contributed by atoms with van der Waals surface area (Å²) in [5, 5.41) is 9.92. The summed E-state index contributed by atoms with van der Waals surface area (Å²) < 4.78 is 0. The Balaban J connectivity index is 0.000000775. The number of carbonyl (C=O) groups excluding carboxylic acids is 1. The highest BCUT2D eigenvalue weighted by molar-refractivity contribution is 5.74. The number of carbonyl (C=O) groups is 1. The number of nitrogens with two attached hydrogens (primary N) is 2. The van der Waals surface area contributed by atoms with Gasteiger partial charge in [-0.2, -0.15) is 0 Å². The number of allylic oxidation sites excluding steroid dienone is 1. The van der Waals surface area contributed by atoms with Crippen LogP contribution in [0.3, 0.4) is 0 Å². The van der Waals surface area contributed by atoms with E-state index in [-0.39, 0.29) is 17.9 Å². The Bertz CT molecular complexity index is 749. The Hall–Kier alpha value is -1.03. The fourth-order valence-electron chi connectivity index (χ4n) is 9.56. The molecule has 0 saturated heterocycles. The standard InChI is InChI=1S/C28H51NO2.C6H13N.C2H6/c1-6-20(9-7-8-19(2)3)23-12-13-24-22-11-10-21(18-26(29)31)27(4,16-17-30)25(22)14-15-28(23,24)5;1-5(2)4-6(3)7;1-2/h19-25,30H,6-18H2,1-5H3,(H2,29,31);5H,3-4,7H2,1-2H3;1-2H3/t20-,21+,22?,23?,24?,25?,27+,28-;;/m1../s1. The lowest BCUT2D eigenvalue weighted by molar-refractivity contribution is -0.129. The molecule has 8 atom stereocenters. The number of aliphatic hydroxyl groups excluding tert-OH is 1. The number of hydrogen-bond acceptors (Lipinski definition) is 3. The molecule has 4 unspecified atom stereocenters. The van der Waals surface area contributed by atoms with Gasteiger partial charge in [0.05, 0.1) is 0 Å². The molecule has 3 fully saturated rings. The minimum absolute atomic E-state index is 0.0630. The molecule has 3 saturated carbocycles. The van der Waals surface area contributed by atoms with E-state index >= 15 is 0 Å². The van der Waals surface area contributed by atoms with Crippen molar-refractivity contribution in [2.45, 2.75) is 146 Å². The molecule has 0 spiro atoms. The molecule has 4 nitrogen and oxygen atoms in total. The molecule has 3 aliphatic carbocycles. The second kappa shape index (κ2) is 17.2. The third kappa shape index (κ3) is 9.50. The van der Waals surface area contributed by atoms with Crippen molar-refractivity contribution in [3.8, 4) is 0 Å². The number of hydrogen-bond donors (Lipinski definition) is 3. The van der Waals surface area contributed by atoms with Gasteiger partial charge in [0.15, 0.2) is 0 Å². The van der Waals surface area contributed by atoms with Crippen LogP contribution in [0.1, 0.15) is 146 Å². The van der Waals surface area contributed by atoms with Crippen LogP contribution in [0.15, 0.2) is 12.3 Å². The molecule has 1 amide bonds. The van der Waals surface area contributed by atoms with Gasteiger partial charge < -0.3 is 16.6 Å². The van der Waals surface area contributed by atoms with Crippen LogP contribution in [0.25, 0.3) is 0 Å². The van der Waals surface area contributed by atoms with Gasteiger partial charge in [-0.3, -0.25) is 4.79 Å². The van der Waals surface area contributed by atoms with Gasteiger partial charge in [0.1, 0.15) is 0 Å².